The second-order valence-corrected chi connectivity index (χ2v) is 9.20. The zero-order chi connectivity index (χ0) is 24.4. The quantitative estimate of drug-likeness (QED) is 0.214. The second kappa shape index (κ2) is 11.9. The van der Waals surface area contributed by atoms with Gasteiger partial charge in [0, 0.05) is 22.7 Å². The van der Waals surface area contributed by atoms with Gasteiger partial charge in [0.15, 0.2) is 0 Å². The van der Waals surface area contributed by atoms with Gasteiger partial charge < -0.3 is 10.6 Å². The predicted octanol–water partition coefficient (Wildman–Crippen LogP) is 8.74. The third-order valence-corrected chi connectivity index (χ3v) is 6.43. The van der Waals surface area contributed by atoms with Crippen molar-refractivity contribution in [1.82, 2.24) is 0 Å². The zero-order valence-electron chi connectivity index (χ0n) is 20.5. The molecule has 0 heterocycles. The molecule has 178 valence electrons. The van der Waals surface area contributed by atoms with Crippen LogP contribution in [0.4, 0.5) is 22.7 Å². The summed E-state index contributed by atoms with van der Waals surface area (Å²) < 4.78 is 0. The van der Waals surface area contributed by atoms with E-state index in [1.165, 1.54) is 22.3 Å². The highest BCUT2D eigenvalue weighted by Crippen LogP contribution is 2.20. The number of anilines is 4. The van der Waals surface area contributed by atoms with Crippen molar-refractivity contribution in [3.05, 3.63) is 156 Å². The van der Waals surface area contributed by atoms with Crippen LogP contribution in [-0.4, -0.2) is 0 Å². The highest BCUT2D eigenvalue weighted by molar-refractivity contribution is 5.60. The van der Waals surface area contributed by atoms with Crippen LogP contribution in [0.25, 0.3) is 0 Å². The zero-order valence-corrected chi connectivity index (χ0v) is 20.5. The number of rotatable bonds is 10. The first-order valence-corrected chi connectivity index (χ1v) is 12.7. The van der Waals surface area contributed by atoms with Crippen molar-refractivity contribution in [2.24, 2.45) is 0 Å². The molecule has 0 fully saturated rings. The molecule has 0 unspecified atom stereocenters. The lowest BCUT2D eigenvalue weighted by atomic mass is 9.99. The lowest BCUT2D eigenvalue weighted by Gasteiger charge is -2.09. The van der Waals surface area contributed by atoms with Crippen LogP contribution in [0.1, 0.15) is 22.3 Å². The first-order chi connectivity index (χ1) is 17.8. The molecule has 2 nitrogen and oxygen atoms in total. The minimum Gasteiger partial charge on any atom is -0.356 e. The van der Waals surface area contributed by atoms with E-state index in [9.17, 15) is 0 Å². The van der Waals surface area contributed by atoms with Gasteiger partial charge >= 0.3 is 0 Å². The molecule has 0 bridgehead atoms. The molecular formula is C34H32N2. The Balaban J connectivity index is 1.11. The Hall–Kier alpha value is -4.30. The van der Waals surface area contributed by atoms with Crippen LogP contribution >= 0.6 is 0 Å². The van der Waals surface area contributed by atoms with Crippen LogP contribution in [0.15, 0.2) is 133 Å². The van der Waals surface area contributed by atoms with Gasteiger partial charge in [0.25, 0.3) is 0 Å². The average molecular weight is 469 g/mol. The smallest absolute Gasteiger partial charge is 0.0384 e. The summed E-state index contributed by atoms with van der Waals surface area (Å²) in [6.45, 7) is 0. The molecule has 2 heteroatoms. The summed E-state index contributed by atoms with van der Waals surface area (Å²) in [6, 6.07) is 47.2. The van der Waals surface area contributed by atoms with E-state index in [2.05, 4.69) is 108 Å². The monoisotopic (exact) mass is 468 g/mol. The molecule has 0 saturated heterocycles. The maximum atomic E-state index is 3.45. The first-order valence-electron chi connectivity index (χ1n) is 12.7. The van der Waals surface area contributed by atoms with Crippen molar-refractivity contribution in [3.8, 4) is 0 Å². The van der Waals surface area contributed by atoms with Gasteiger partial charge in [-0.15, -0.1) is 0 Å². The maximum absolute atomic E-state index is 3.45. The predicted molar refractivity (Wildman–Crippen MR) is 154 cm³/mol. The van der Waals surface area contributed by atoms with Crippen molar-refractivity contribution in [1.29, 1.82) is 0 Å². The summed E-state index contributed by atoms with van der Waals surface area (Å²) in [7, 11) is 0. The lowest BCUT2D eigenvalue weighted by molar-refractivity contribution is 0.931. The number of hydrogen-bond donors (Lipinski definition) is 2. The third kappa shape index (κ3) is 6.86. The van der Waals surface area contributed by atoms with Gasteiger partial charge in [0.2, 0.25) is 0 Å². The molecule has 0 saturated carbocycles. The fourth-order valence-corrected chi connectivity index (χ4v) is 4.40. The summed E-state index contributed by atoms with van der Waals surface area (Å²) >= 11 is 0. The Morgan fingerprint density at radius 2 is 0.667 bits per heavy atom. The van der Waals surface area contributed by atoms with Gasteiger partial charge in [-0.05, 0) is 96.5 Å². The van der Waals surface area contributed by atoms with E-state index in [1.54, 1.807) is 0 Å². The van der Waals surface area contributed by atoms with Crippen molar-refractivity contribution in [2.45, 2.75) is 25.7 Å². The van der Waals surface area contributed by atoms with Crippen molar-refractivity contribution < 1.29 is 0 Å². The Kier molecular flexibility index (Phi) is 7.75. The largest absolute Gasteiger partial charge is 0.356 e. The van der Waals surface area contributed by atoms with E-state index in [4.69, 9.17) is 0 Å². The van der Waals surface area contributed by atoms with E-state index >= 15 is 0 Å². The van der Waals surface area contributed by atoms with Crippen LogP contribution in [-0.2, 0) is 25.7 Å². The molecule has 0 radical (unpaired) electrons. The number of hydrogen-bond acceptors (Lipinski definition) is 2. The van der Waals surface area contributed by atoms with Crippen LogP contribution in [0.5, 0.6) is 0 Å². The van der Waals surface area contributed by atoms with Crippen molar-refractivity contribution in [3.63, 3.8) is 0 Å². The number of benzene rings is 5. The van der Waals surface area contributed by atoms with Gasteiger partial charge in [-0.1, -0.05) is 84.9 Å². The minimum atomic E-state index is 1.05. The Morgan fingerprint density at radius 1 is 0.306 bits per heavy atom. The summed E-state index contributed by atoms with van der Waals surface area (Å²) in [4.78, 5) is 0. The molecule has 0 aromatic heterocycles. The van der Waals surface area contributed by atoms with E-state index in [1.807, 2.05) is 36.4 Å². The Labute approximate surface area is 214 Å². The maximum Gasteiger partial charge on any atom is 0.0384 e. The van der Waals surface area contributed by atoms with Gasteiger partial charge in [-0.3, -0.25) is 0 Å². The highest BCUT2D eigenvalue weighted by atomic mass is 14.9. The Bertz CT molecular complexity index is 1240. The summed E-state index contributed by atoms with van der Waals surface area (Å²) in [5, 5.41) is 6.90. The molecule has 5 aromatic carbocycles. The number of nitrogens with one attached hydrogen (secondary N) is 2. The van der Waals surface area contributed by atoms with Gasteiger partial charge in [-0.25, -0.2) is 0 Å². The van der Waals surface area contributed by atoms with Crippen molar-refractivity contribution in [2.75, 3.05) is 10.6 Å². The Morgan fingerprint density at radius 3 is 1.08 bits per heavy atom. The fourth-order valence-electron chi connectivity index (χ4n) is 4.40. The summed E-state index contributed by atoms with van der Waals surface area (Å²) in [6.07, 6.45) is 4.20. The molecule has 36 heavy (non-hydrogen) atoms. The van der Waals surface area contributed by atoms with E-state index in [-0.39, 0.29) is 0 Å². The SMILES string of the molecule is c1ccc(Nc2ccc(CCc3cccc(CCc4ccc(Nc5ccccc5)cc4)c3)cc2)cc1. The van der Waals surface area contributed by atoms with Crippen LogP contribution in [0.2, 0.25) is 0 Å². The van der Waals surface area contributed by atoms with Crippen LogP contribution < -0.4 is 10.6 Å². The number of para-hydroxylation sites is 2. The van der Waals surface area contributed by atoms with Crippen LogP contribution in [0.3, 0.4) is 0 Å². The molecule has 0 amide bonds. The molecule has 5 rings (SSSR count). The molecule has 5 aromatic rings. The molecule has 0 spiro atoms. The molecule has 0 aliphatic heterocycles. The van der Waals surface area contributed by atoms with E-state index < -0.39 is 0 Å². The van der Waals surface area contributed by atoms with E-state index in [0.717, 1.165) is 48.4 Å². The average Bonchev–Trinajstić information content (AvgIpc) is 2.94. The lowest BCUT2D eigenvalue weighted by Crippen LogP contribution is -1.96. The normalized spacial score (nSPS) is 10.7. The fraction of sp³-hybridized carbons (Fsp3) is 0.118. The molecular weight excluding hydrogens is 436 g/mol. The van der Waals surface area contributed by atoms with Gasteiger partial charge in [-0.2, -0.15) is 0 Å². The molecule has 0 aliphatic carbocycles. The summed E-state index contributed by atoms with van der Waals surface area (Å²) in [5.41, 5.74) is 10.0. The molecule has 2 N–H and O–H groups in total. The van der Waals surface area contributed by atoms with Crippen molar-refractivity contribution >= 4 is 22.7 Å². The van der Waals surface area contributed by atoms with E-state index in [0.29, 0.717) is 0 Å². The minimum absolute atomic E-state index is 1.05. The molecule has 0 atom stereocenters. The first kappa shape index (κ1) is 23.4. The standard InChI is InChI=1S/C34H32N2/c1-3-10-31(11-4-1)35-33-22-18-27(19-23-33)14-16-29-8-7-9-30(26-29)17-15-28-20-24-34(25-21-28)36-32-12-5-2-6-13-32/h1-13,18-26,35-36H,14-17H2. The second-order valence-electron chi connectivity index (χ2n) is 9.20. The van der Waals surface area contributed by atoms with Gasteiger partial charge in [0.1, 0.15) is 0 Å². The number of aryl methyl sites for hydroxylation is 4. The summed E-state index contributed by atoms with van der Waals surface area (Å²) in [5.74, 6) is 0. The highest BCUT2D eigenvalue weighted by Gasteiger charge is 2.02. The van der Waals surface area contributed by atoms with Crippen LogP contribution in [0, 0.1) is 0 Å². The topological polar surface area (TPSA) is 24.1 Å². The van der Waals surface area contributed by atoms with Gasteiger partial charge in [0.05, 0.1) is 0 Å². The third-order valence-electron chi connectivity index (χ3n) is 6.43. The molecule has 0 aliphatic rings.